The van der Waals surface area contributed by atoms with Crippen molar-refractivity contribution in [3.05, 3.63) is 59.9 Å². The Morgan fingerprint density at radius 3 is 2.52 bits per heavy atom. The maximum absolute atomic E-state index is 13.5. The monoisotopic (exact) mass is 332 g/mol. The van der Waals surface area contributed by atoms with E-state index in [2.05, 4.69) is 10.6 Å². The molecule has 0 aromatic heterocycles. The molecule has 0 saturated heterocycles. The van der Waals surface area contributed by atoms with Crippen LogP contribution in [0.1, 0.15) is 12.5 Å². The molecule has 2 aromatic rings. The van der Waals surface area contributed by atoms with E-state index in [4.69, 9.17) is 0 Å². The van der Waals surface area contributed by atoms with Gasteiger partial charge >= 0.3 is 0 Å². The molecule has 0 aliphatic carbocycles. The van der Waals surface area contributed by atoms with E-state index in [1.54, 1.807) is 0 Å². The second-order valence-electron chi connectivity index (χ2n) is 4.90. The van der Waals surface area contributed by atoms with Crippen molar-refractivity contribution in [1.82, 2.24) is 0 Å². The van der Waals surface area contributed by atoms with E-state index in [9.17, 15) is 14.0 Å². The standard InChI is InChI=1S/C17H17FN2O2S/c1-12(21)19-16-9-14(7-8-15(16)18)20-17(22)11-23-10-13-5-3-2-4-6-13/h2-9H,10-11H2,1H3,(H,19,21)(H,20,22). The van der Waals surface area contributed by atoms with Crippen LogP contribution in [0, 0.1) is 5.82 Å². The molecule has 0 saturated carbocycles. The molecule has 0 radical (unpaired) electrons. The van der Waals surface area contributed by atoms with Crippen LogP contribution >= 0.6 is 11.8 Å². The molecule has 2 amide bonds. The minimum Gasteiger partial charge on any atom is -0.325 e. The second kappa shape index (κ2) is 8.33. The fraction of sp³-hybridized carbons (Fsp3) is 0.176. The molecule has 0 bridgehead atoms. The summed E-state index contributed by atoms with van der Waals surface area (Å²) in [5.74, 6) is -0.0509. The van der Waals surface area contributed by atoms with Crippen LogP contribution in [0.15, 0.2) is 48.5 Å². The Labute approximate surface area is 138 Å². The number of thioether (sulfide) groups is 1. The number of carbonyl (C=O) groups is 2. The largest absolute Gasteiger partial charge is 0.325 e. The molecule has 23 heavy (non-hydrogen) atoms. The van der Waals surface area contributed by atoms with Gasteiger partial charge in [0, 0.05) is 18.4 Å². The fourth-order valence-corrected chi connectivity index (χ4v) is 2.71. The van der Waals surface area contributed by atoms with E-state index in [1.165, 1.54) is 36.9 Å². The molecule has 2 N–H and O–H groups in total. The first-order chi connectivity index (χ1) is 11.0. The summed E-state index contributed by atoms with van der Waals surface area (Å²) < 4.78 is 13.5. The molecule has 2 aromatic carbocycles. The van der Waals surface area contributed by atoms with Gasteiger partial charge < -0.3 is 10.6 Å². The number of amides is 2. The normalized spacial score (nSPS) is 10.2. The third kappa shape index (κ3) is 5.75. The van der Waals surface area contributed by atoms with Crippen molar-refractivity contribution >= 4 is 35.0 Å². The van der Waals surface area contributed by atoms with Crippen molar-refractivity contribution in [2.24, 2.45) is 0 Å². The predicted octanol–water partition coefficient (Wildman–Crippen LogP) is 3.66. The molecule has 6 heteroatoms. The number of hydrogen-bond acceptors (Lipinski definition) is 3. The van der Waals surface area contributed by atoms with Gasteiger partial charge in [-0.2, -0.15) is 0 Å². The Morgan fingerprint density at radius 1 is 1.09 bits per heavy atom. The SMILES string of the molecule is CC(=O)Nc1cc(NC(=O)CSCc2ccccc2)ccc1F. The maximum Gasteiger partial charge on any atom is 0.234 e. The van der Waals surface area contributed by atoms with Gasteiger partial charge in [-0.1, -0.05) is 30.3 Å². The zero-order chi connectivity index (χ0) is 16.7. The van der Waals surface area contributed by atoms with Gasteiger partial charge in [0.15, 0.2) is 0 Å². The lowest BCUT2D eigenvalue weighted by molar-refractivity contribution is -0.114. The summed E-state index contributed by atoms with van der Waals surface area (Å²) in [4.78, 5) is 22.9. The summed E-state index contributed by atoms with van der Waals surface area (Å²) in [5.41, 5.74) is 1.65. The molecule has 0 aliphatic rings. The molecule has 0 aliphatic heterocycles. The number of rotatable bonds is 6. The zero-order valence-corrected chi connectivity index (χ0v) is 13.5. The van der Waals surface area contributed by atoms with Crippen LogP contribution in [0.3, 0.4) is 0 Å². The smallest absolute Gasteiger partial charge is 0.234 e. The third-order valence-corrected chi connectivity index (χ3v) is 3.91. The predicted molar refractivity (Wildman–Crippen MR) is 91.9 cm³/mol. The van der Waals surface area contributed by atoms with Gasteiger partial charge in [-0.3, -0.25) is 9.59 Å². The van der Waals surface area contributed by atoms with Gasteiger partial charge in [-0.05, 0) is 23.8 Å². The van der Waals surface area contributed by atoms with Gasteiger partial charge in [0.1, 0.15) is 5.82 Å². The van der Waals surface area contributed by atoms with Crippen molar-refractivity contribution in [2.45, 2.75) is 12.7 Å². The van der Waals surface area contributed by atoms with Gasteiger partial charge in [0.05, 0.1) is 11.4 Å². The maximum atomic E-state index is 13.5. The lowest BCUT2D eigenvalue weighted by Crippen LogP contribution is -2.15. The van der Waals surface area contributed by atoms with Crippen molar-refractivity contribution in [1.29, 1.82) is 0 Å². The Hall–Kier alpha value is -2.34. The lowest BCUT2D eigenvalue weighted by Gasteiger charge is -2.09. The Morgan fingerprint density at radius 2 is 1.83 bits per heavy atom. The highest BCUT2D eigenvalue weighted by molar-refractivity contribution is 7.99. The van der Waals surface area contributed by atoms with Crippen LogP contribution < -0.4 is 10.6 Å². The second-order valence-corrected chi connectivity index (χ2v) is 5.89. The van der Waals surface area contributed by atoms with E-state index < -0.39 is 5.82 Å². The Kier molecular flexibility index (Phi) is 6.17. The topological polar surface area (TPSA) is 58.2 Å². The first kappa shape index (κ1) is 17.0. The molecule has 0 unspecified atom stereocenters. The van der Waals surface area contributed by atoms with Crippen LogP contribution in [0.25, 0.3) is 0 Å². The highest BCUT2D eigenvalue weighted by Crippen LogP contribution is 2.20. The quantitative estimate of drug-likeness (QED) is 0.849. The van der Waals surface area contributed by atoms with Crippen LogP contribution in [-0.2, 0) is 15.3 Å². The summed E-state index contributed by atoms with van der Waals surface area (Å²) in [6, 6.07) is 13.9. The van der Waals surface area contributed by atoms with Crippen molar-refractivity contribution in [2.75, 3.05) is 16.4 Å². The first-order valence-corrected chi connectivity index (χ1v) is 8.19. The van der Waals surface area contributed by atoms with Crippen LogP contribution in [-0.4, -0.2) is 17.6 Å². The molecule has 0 spiro atoms. The zero-order valence-electron chi connectivity index (χ0n) is 12.6. The molecule has 2 rings (SSSR count). The number of anilines is 2. The van der Waals surface area contributed by atoms with Gasteiger partial charge in [-0.25, -0.2) is 4.39 Å². The van der Waals surface area contributed by atoms with Crippen LogP contribution in [0.4, 0.5) is 15.8 Å². The van der Waals surface area contributed by atoms with Crippen LogP contribution in [0.2, 0.25) is 0 Å². The summed E-state index contributed by atoms with van der Waals surface area (Å²) >= 11 is 1.50. The molecule has 0 heterocycles. The number of nitrogens with one attached hydrogen (secondary N) is 2. The number of halogens is 1. The minimum absolute atomic E-state index is 0.0484. The Balaban J connectivity index is 1.86. The highest BCUT2D eigenvalue weighted by Gasteiger charge is 2.08. The lowest BCUT2D eigenvalue weighted by atomic mass is 10.2. The van der Waals surface area contributed by atoms with Crippen molar-refractivity contribution in [3.8, 4) is 0 Å². The molecule has 0 fully saturated rings. The molecular formula is C17H17FN2O2S. The van der Waals surface area contributed by atoms with E-state index in [-0.39, 0.29) is 17.5 Å². The van der Waals surface area contributed by atoms with Gasteiger partial charge in [0.25, 0.3) is 0 Å². The number of carbonyl (C=O) groups excluding carboxylic acids is 2. The highest BCUT2D eigenvalue weighted by atomic mass is 32.2. The van der Waals surface area contributed by atoms with Crippen molar-refractivity contribution < 1.29 is 14.0 Å². The number of benzene rings is 2. The fourth-order valence-electron chi connectivity index (χ4n) is 1.92. The van der Waals surface area contributed by atoms with E-state index >= 15 is 0 Å². The molecule has 4 nitrogen and oxygen atoms in total. The van der Waals surface area contributed by atoms with Gasteiger partial charge in [-0.15, -0.1) is 11.8 Å². The number of hydrogen-bond donors (Lipinski definition) is 2. The molecular weight excluding hydrogens is 315 g/mol. The summed E-state index contributed by atoms with van der Waals surface area (Å²) in [6.07, 6.45) is 0. The van der Waals surface area contributed by atoms with E-state index in [1.807, 2.05) is 30.3 Å². The molecule has 0 atom stereocenters. The Bertz CT molecular complexity index is 692. The average molecular weight is 332 g/mol. The minimum atomic E-state index is -0.545. The van der Waals surface area contributed by atoms with Crippen molar-refractivity contribution in [3.63, 3.8) is 0 Å². The van der Waals surface area contributed by atoms with Gasteiger partial charge in [0.2, 0.25) is 11.8 Å². The first-order valence-electron chi connectivity index (χ1n) is 7.03. The molecule has 120 valence electrons. The average Bonchev–Trinajstić information content (AvgIpc) is 2.51. The summed E-state index contributed by atoms with van der Waals surface area (Å²) in [6.45, 7) is 1.30. The van der Waals surface area contributed by atoms with E-state index in [0.717, 1.165) is 11.3 Å². The van der Waals surface area contributed by atoms with E-state index in [0.29, 0.717) is 11.4 Å². The third-order valence-electron chi connectivity index (χ3n) is 2.91. The van der Waals surface area contributed by atoms with Crippen LogP contribution in [0.5, 0.6) is 0 Å². The summed E-state index contributed by atoms with van der Waals surface area (Å²) in [7, 11) is 0. The summed E-state index contributed by atoms with van der Waals surface area (Å²) in [5, 5.41) is 5.07.